The first-order valence-corrected chi connectivity index (χ1v) is 6.78. The van der Waals surface area contributed by atoms with Gasteiger partial charge in [0, 0.05) is 12.7 Å². The number of thiazole rings is 1. The van der Waals surface area contributed by atoms with Gasteiger partial charge in [-0.05, 0) is 31.4 Å². The number of aromatic nitrogens is 2. The summed E-state index contributed by atoms with van der Waals surface area (Å²) in [4.78, 5) is 22.8. The normalized spacial score (nSPS) is 20.2. The van der Waals surface area contributed by atoms with E-state index in [1.807, 2.05) is 17.0 Å². The molecule has 1 atom stereocenters. The van der Waals surface area contributed by atoms with Gasteiger partial charge in [-0.2, -0.15) is 0 Å². The molecule has 0 spiro atoms. The van der Waals surface area contributed by atoms with E-state index in [-0.39, 0.29) is 0 Å². The quantitative estimate of drug-likeness (QED) is 0.899. The number of fused-ring (bicyclic) bond motifs is 1. The molecule has 6 heteroatoms. The summed E-state index contributed by atoms with van der Waals surface area (Å²) in [5.41, 5.74) is 0.840. The summed E-state index contributed by atoms with van der Waals surface area (Å²) < 4.78 is 0. The molecule has 0 aliphatic carbocycles. The highest BCUT2D eigenvalue weighted by atomic mass is 32.1. The summed E-state index contributed by atoms with van der Waals surface area (Å²) in [5, 5.41) is 10.0. The van der Waals surface area contributed by atoms with E-state index >= 15 is 0 Å². The van der Waals surface area contributed by atoms with E-state index in [1.165, 1.54) is 11.3 Å². The van der Waals surface area contributed by atoms with E-state index in [2.05, 4.69) is 9.97 Å². The van der Waals surface area contributed by atoms with Gasteiger partial charge in [0.2, 0.25) is 0 Å². The average Bonchev–Trinajstić information content (AvgIpc) is 2.82. The van der Waals surface area contributed by atoms with Crippen LogP contribution >= 0.6 is 11.3 Å². The Morgan fingerprint density at radius 1 is 1.50 bits per heavy atom. The molecule has 3 rings (SSSR count). The van der Waals surface area contributed by atoms with Crippen molar-refractivity contribution in [2.75, 3.05) is 11.4 Å². The topological polar surface area (TPSA) is 66.3 Å². The molecule has 0 radical (unpaired) electrons. The number of hydrogen-bond donors (Lipinski definition) is 1. The molecule has 1 aliphatic rings. The van der Waals surface area contributed by atoms with Crippen molar-refractivity contribution in [3.8, 4) is 0 Å². The largest absolute Gasteiger partial charge is 0.480 e. The third kappa shape index (κ3) is 1.92. The molecule has 1 aliphatic heterocycles. The number of rotatable bonds is 2. The number of carbonyl (C=O) groups is 1. The monoisotopic (exact) mass is 263 g/mol. The lowest BCUT2D eigenvalue weighted by atomic mass is 10.0. The molecule has 0 bridgehead atoms. The van der Waals surface area contributed by atoms with Gasteiger partial charge < -0.3 is 10.0 Å². The average molecular weight is 263 g/mol. The Labute approximate surface area is 108 Å². The zero-order valence-electron chi connectivity index (χ0n) is 9.74. The first kappa shape index (κ1) is 11.4. The highest BCUT2D eigenvalue weighted by Crippen LogP contribution is 2.31. The van der Waals surface area contributed by atoms with Crippen LogP contribution in [0.4, 0.5) is 5.13 Å². The van der Waals surface area contributed by atoms with Crippen molar-refractivity contribution in [3.63, 3.8) is 0 Å². The molecule has 0 amide bonds. The lowest BCUT2D eigenvalue weighted by Crippen LogP contribution is -2.44. The van der Waals surface area contributed by atoms with Crippen LogP contribution in [0.5, 0.6) is 0 Å². The number of carboxylic acid groups (broad SMARTS) is 1. The predicted molar refractivity (Wildman–Crippen MR) is 70.0 cm³/mol. The molecular formula is C12H13N3O2S. The Hall–Kier alpha value is -1.69. The summed E-state index contributed by atoms with van der Waals surface area (Å²) in [6.45, 7) is 0.761. The third-order valence-electron chi connectivity index (χ3n) is 3.19. The van der Waals surface area contributed by atoms with Crippen LogP contribution in [0.3, 0.4) is 0 Å². The fourth-order valence-electron chi connectivity index (χ4n) is 2.30. The second-order valence-corrected chi connectivity index (χ2v) is 5.32. The molecule has 1 N–H and O–H groups in total. The highest BCUT2D eigenvalue weighted by molar-refractivity contribution is 7.21. The van der Waals surface area contributed by atoms with Gasteiger partial charge in [0.25, 0.3) is 0 Å². The minimum Gasteiger partial charge on any atom is -0.480 e. The Kier molecular flexibility index (Phi) is 2.87. The number of pyridine rings is 1. The summed E-state index contributed by atoms with van der Waals surface area (Å²) in [6.07, 6.45) is 4.41. The molecule has 2 aromatic rings. The molecule has 5 nitrogen and oxygen atoms in total. The number of nitrogens with zero attached hydrogens (tertiary/aromatic N) is 3. The molecule has 0 unspecified atom stereocenters. The molecule has 3 heterocycles. The maximum atomic E-state index is 11.3. The Bertz CT molecular complexity index is 550. The maximum Gasteiger partial charge on any atom is 0.326 e. The minimum absolute atomic E-state index is 0.445. The third-order valence-corrected chi connectivity index (χ3v) is 4.20. The van der Waals surface area contributed by atoms with E-state index in [9.17, 15) is 9.90 Å². The number of anilines is 1. The lowest BCUT2D eigenvalue weighted by Gasteiger charge is -2.32. The first-order chi connectivity index (χ1) is 8.75. The van der Waals surface area contributed by atoms with Gasteiger partial charge in [0.1, 0.15) is 16.4 Å². The first-order valence-electron chi connectivity index (χ1n) is 5.97. The van der Waals surface area contributed by atoms with Crippen LogP contribution in [0.1, 0.15) is 19.3 Å². The molecule has 18 heavy (non-hydrogen) atoms. The fraction of sp³-hybridized carbons (Fsp3) is 0.417. The minimum atomic E-state index is -0.762. The summed E-state index contributed by atoms with van der Waals surface area (Å²) in [7, 11) is 0. The van der Waals surface area contributed by atoms with Crippen molar-refractivity contribution >= 4 is 32.8 Å². The van der Waals surface area contributed by atoms with Crippen molar-refractivity contribution in [2.24, 2.45) is 0 Å². The van der Waals surface area contributed by atoms with Gasteiger partial charge in [-0.25, -0.2) is 14.8 Å². The number of hydrogen-bond acceptors (Lipinski definition) is 5. The van der Waals surface area contributed by atoms with Crippen LogP contribution in [-0.2, 0) is 4.79 Å². The maximum absolute atomic E-state index is 11.3. The van der Waals surface area contributed by atoms with E-state index in [0.717, 1.165) is 34.9 Å². The Morgan fingerprint density at radius 2 is 2.39 bits per heavy atom. The van der Waals surface area contributed by atoms with Gasteiger partial charge in [0.15, 0.2) is 5.13 Å². The van der Waals surface area contributed by atoms with Crippen LogP contribution in [-0.4, -0.2) is 33.6 Å². The zero-order valence-corrected chi connectivity index (χ0v) is 10.6. The number of piperidine rings is 1. The molecule has 94 valence electrons. The molecule has 1 fully saturated rings. The molecule has 0 saturated carbocycles. The predicted octanol–water partition coefficient (Wildman–Crippen LogP) is 2.13. The summed E-state index contributed by atoms with van der Waals surface area (Å²) in [6, 6.07) is 3.30. The number of carboxylic acids is 1. The summed E-state index contributed by atoms with van der Waals surface area (Å²) >= 11 is 1.47. The van der Waals surface area contributed by atoms with Crippen molar-refractivity contribution in [1.82, 2.24) is 9.97 Å². The van der Waals surface area contributed by atoms with Crippen LogP contribution in [0.15, 0.2) is 18.3 Å². The lowest BCUT2D eigenvalue weighted by molar-refractivity contribution is -0.139. The SMILES string of the molecule is O=C(O)[C@H]1CCCCN1c1nc2cccnc2s1. The van der Waals surface area contributed by atoms with Gasteiger partial charge in [-0.3, -0.25) is 0 Å². The molecule has 0 aromatic carbocycles. The van der Waals surface area contributed by atoms with Gasteiger partial charge >= 0.3 is 5.97 Å². The van der Waals surface area contributed by atoms with Gasteiger partial charge in [0.05, 0.1) is 0 Å². The molecule has 2 aromatic heterocycles. The van der Waals surface area contributed by atoms with E-state index < -0.39 is 12.0 Å². The number of aliphatic carboxylic acids is 1. The summed E-state index contributed by atoms with van der Waals surface area (Å²) in [5.74, 6) is -0.762. The second kappa shape index (κ2) is 4.53. The molecule has 1 saturated heterocycles. The van der Waals surface area contributed by atoms with Crippen LogP contribution in [0.2, 0.25) is 0 Å². The van der Waals surface area contributed by atoms with Crippen molar-refractivity contribution in [2.45, 2.75) is 25.3 Å². The standard InChI is InChI=1S/C12H13N3O2S/c16-11(17)9-5-1-2-7-15(9)12-14-8-4-3-6-13-10(8)18-12/h3-4,6,9H,1-2,5,7H2,(H,16,17)/t9-/m1/s1. The van der Waals surface area contributed by atoms with Crippen molar-refractivity contribution in [1.29, 1.82) is 0 Å². The van der Waals surface area contributed by atoms with Crippen molar-refractivity contribution < 1.29 is 9.90 Å². The van der Waals surface area contributed by atoms with Gasteiger partial charge in [-0.15, -0.1) is 0 Å². The van der Waals surface area contributed by atoms with Crippen LogP contribution < -0.4 is 4.90 Å². The smallest absolute Gasteiger partial charge is 0.326 e. The van der Waals surface area contributed by atoms with Crippen molar-refractivity contribution in [3.05, 3.63) is 18.3 Å². The van der Waals surface area contributed by atoms with E-state index in [4.69, 9.17) is 0 Å². The van der Waals surface area contributed by atoms with Gasteiger partial charge in [-0.1, -0.05) is 11.3 Å². The van der Waals surface area contributed by atoms with Crippen LogP contribution in [0.25, 0.3) is 10.3 Å². The van der Waals surface area contributed by atoms with E-state index in [0.29, 0.717) is 6.42 Å². The van der Waals surface area contributed by atoms with Crippen LogP contribution in [0, 0.1) is 0 Å². The fourth-order valence-corrected chi connectivity index (χ4v) is 3.28. The second-order valence-electron chi connectivity index (χ2n) is 4.37. The Morgan fingerprint density at radius 3 is 3.17 bits per heavy atom. The van der Waals surface area contributed by atoms with E-state index in [1.54, 1.807) is 6.20 Å². The zero-order chi connectivity index (χ0) is 12.5. The highest BCUT2D eigenvalue weighted by Gasteiger charge is 2.30. The molecular weight excluding hydrogens is 250 g/mol. The Balaban J connectivity index is 1.98.